The number of nitrogens with one attached hydrogen (secondary N) is 1. The van der Waals surface area contributed by atoms with Gasteiger partial charge >= 0.3 is 0 Å². The predicted octanol–water partition coefficient (Wildman–Crippen LogP) is 1.95. The maximum absolute atomic E-state index is 4.93. The molecule has 0 saturated heterocycles. The van der Waals surface area contributed by atoms with Gasteiger partial charge in [0.05, 0.1) is 5.52 Å². The van der Waals surface area contributed by atoms with E-state index >= 15 is 0 Å². The Morgan fingerprint density at radius 3 is 3.05 bits per heavy atom. The Balaban J connectivity index is 1.56. The number of hydrogen-bond acceptors (Lipinski definition) is 5. The van der Waals surface area contributed by atoms with Gasteiger partial charge in [-0.3, -0.25) is 4.98 Å². The van der Waals surface area contributed by atoms with Gasteiger partial charge in [0, 0.05) is 31.1 Å². The average molecular weight is 254 g/mol. The van der Waals surface area contributed by atoms with Crippen LogP contribution < -0.4 is 5.32 Å². The fourth-order valence-corrected chi connectivity index (χ4v) is 1.97. The number of hydrogen-bond donors (Lipinski definition) is 1. The van der Waals surface area contributed by atoms with Crippen LogP contribution in [0.25, 0.3) is 10.9 Å². The molecule has 3 aromatic rings. The lowest BCUT2D eigenvalue weighted by atomic mass is 10.1. The van der Waals surface area contributed by atoms with Crippen molar-refractivity contribution in [2.75, 3.05) is 6.54 Å². The van der Waals surface area contributed by atoms with E-state index in [1.54, 1.807) is 0 Å². The standard InChI is InChI=1S/C14H14N4O/c1-2-12-8-11(3-4-13(12)16-6-1)9-15-7-5-14-17-10-18-19-14/h1-4,6,8,10,15H,5,7,9H2. The van der Waals surface area contributed by atoms with Gasteiger partial charge in [-0.05, 0) is 23.8 Å². The molecule has 0 saturated carbocycles. The van der Waals surface area contributed by atoms with E-state index in [0.717, 1.165) is 25.0 Å². The first-order valence-electron chi connectivity index (χ1n) is 6.22. The van der Waals surface area contributed by atoms with Crippen LogP contribution in [0.3, 0.4) is 0 Å². The van der Waals surface area contributed by atoms with Gasteiger partial charge in [-0.1, -0.05) is 17.3 Å². The molecule has 0 amide bonds. The second-order valence-corrected chi connectivity index (χ2v) is 4.29. The first kappa shape index (κ1) is 11.8. The van der Waals surface area contributed by atoms with Crippen molar-refractivity contribution in [1.29, 1.82) is 0 Å². The topological polar surface area (TPSA) is 63.8 Å². The molecule has 1 aromatic carbocycles. The minimum absolute atomic E-state index is 0.662. The lowest BCUT2D eigenvalue weighted by Crippen LogP contribution is -2.16. The Labute approximate surface area is 110 Å². The molecule has 19 heavy (non-hydrogen) atoms. The van der Waals surface area contributed by atoms with Crippen molar-refractivity contribution in [2.24, 2.45) is 0 Å². The van der Waals surface area contributed by atoms with Crippen molar-refractivity contribution >= 4 is 10.9 Å². The molecule has 0 aliphatic carbocycles. The summed E-state index contributed by atoms with van der Waals surface area (Å²) in [6.45, 7) is 1.63. The highest BCUT2D eigenvalue weighted by Gasteiger charge is 1.99. The average Bonchev–Trinajstić information content (AvgIpc) is 2.97. The third-order valence-corrected chi connectivity index (χ3v) is 2.92. The number of fused-ring (bicyclic) bond motifs is 1. The second-order valence-electron chi connectivity index (χ2n) is 4.29. The van der Waals surface area contributed by atoms with Crippen LogP contribution in [0.2, 0.25) is 0 Å². The van der Waals surface area contributed by atoms with E-state index in [2.05, 4.69) is 38.6 Å². The van der Waals surface area contributed by atoms with Gasteiger partial charge in [0.2, 0.25) is 5.89 Å². The van der Waals surface area contributed by atoms with Gasteiger partial charge in [-0.15, -0.1) is 0 Å². The lowest BCUT2D eigenvalue weighted by molar-refractivity contribution is 0.375. The van der Waals surface area contributed by atoms with Crippen LogP contribution in [-0.4, -0.2) is 21.7 Å². The van der Waals surface area contributed by atoms with E-state index < -0.39 is 0 Å². The van der Waals surface area contributed by atoms with Gasteiger partial charge in [-0.25, -0.2) is 0 Å². The van der Waals surface area contributed by atoms with Crippen LogP contribution in [0, 0.1) is 0 Å². The molecule has 0 fully saturated rings. The number of aromatic nitrogens is 3. The van der Waals surface area contributed by atoms with Crippen molar-refractivity contribution in [3.05, 3.63) is 54.3 Å². The van der Waals surface area contributed by atoms with Crippen molar-refractivity contribution in [3.63, 3.8) is 0 Å². The molecular formula is C14H14N4O. The first-order valence-corrected chi connectivity index (χ1v) is 6.22. The summed E-state index contributed by atoms with van der Waals surface area (Å²) in [5.74, 6) is 0.662. The molecule has 2 aromatic heterocycles. The van der Waals surface area contributed by atoms with Gasteiger partial charge in [0.1, 0.15) is 0 Å². The zero-order valence-corrected chi connectivity index (χ0v) is 10.4. The third kappa shape index (κ3) is 2.95. The molecule has 96 valence electrons. The number of pyridine rings is 1. The molecular weight excluding hydrogens is 240 g/mol. The van der Waals surface area contributed by atoms with Crippen LogP contribution in [0.15, 0.2) is 47.4 Å². The van der Waals surface area contributed by atoms with E-state index in [4.69, 9.17) is 4.52 Å². The summed E-state index contributed by atoms with van der Waals surface area (Å²) < 4.78 is 4.93. The van der Waals surface area contributed by atoms with E-state index in [0.29, 0.717) is 5.89 Å². The first-order chi connectivity index (χ1) is 9.42. The minimum Gasteiger partial charge on any atom is -0.340 e. The number of rotatable bonds is 5. The van der Waals surface area contributed by atoms with E-state index in [1.165, 1.54) is 17.3 Å². The molecule has 1 N–H and O–H groups in total. The highest BCUT2D eigenvalue weighted by molar-refractivity contribution is 5.78. The molecule has 5 heteroatoms. The van der Waals surface area contributed by atoms with E-state index in [-0.39, 0.29) is 0 Å². The van der Waals surface area contributed by atoms with Gasteiger partial charge in [0.25, 0.3) is 0 Å². The van der Waals surface area contributed by atoms with Gasteiger partial charge in [-0.2, -0.15) is 4.98 Å². The zero-order valence-electron chi connectivity index (χ0n) is 10.4. The molecule has 0 aliphatic heterocycles. The van der Waals surface area contributed by atoms with Crippen LogP contribution in [-0.2, 0) is 13.0 Å². The summed E-state index contributed by atoms with van der Waals surface area (Å²) in [6, 6.07) is 10.3. The second kappa shape index (κ2) is 5.58. The predicted molar refractivity (Wildman–Crippen MR) is 71.5 cm³/mol. The monoisotopic (exact) mass is 254 g/mol. The maximum atomic E-state index is 4.93. The lowest BCUT2D eigenvalue weighted by Gasteiger charge is -2.04. The fourth-order valence-electron chi connectivity index (χ4n) is 1.97. The number of benzene rings is 1. The largest absolute Gasteiger partial charge is 0.340 e. The summed E-state index contributed by atoms with van der Waals surface area (Å²) in [5, 5.41) is 8.09. The van der Waals surface area contributed by atoms with Crippen molar-refractivity contribution in [1.82, 2.24) is 20.4 Å². The molecule has 0 spiro atoms. The Morgan fingerprint density at radius 2 is 2.16 bits per heavy atom. The minimum atomic E-state index is 0.662. The molecule has 0 radical (unpaired) electrons. The fraction of sp³-hybridized carbons (Fsp3) is 0.214. The summed E-state index contributed by atoms with van der Waals surface area (Å²) in [5.41, 5.74) is 2.27. The Kier molecular flexibility index (Phi) is 3.47. The summed E-state index contributed by atoms with van der Waals surface area (Å²) in [6.07, 6.45) is 3.98. The Morgan fingerprint density at radius 1 is 1.16 bits per heavy atom. The van der Waals surface area contributed by atoms with Crippen LogP contribution >= 0.6 is 0 Å². The quantitative estimate of drug-likeness (QED) is 0.705. The molecule has 5 nitrogen and oxygen atoms in total. The van der Waals surface area contributed by atoms with Crippen LogP contribution in [0.5, 0.6) is 0 Å². The zero-order chi connectivity index (χ0) is 12.9. The Hall–Kier alpha value is -2.27. The number of nitrogens with zero attached hydrogens (tertiary/aromatic N) is 3. The summed E-state index contributed by atoms with van der Waals surface area (Å²) in [4.78, 5) is 8.28. The maximum Gasteiger partial charge on any atom is 0.227 e. The molecule has 0 bridgehead atoms. The van der Waals surface area contributed by atoms with E-state index in [1.807, 2.05) is 18.3 Å². The highest BCUT2D eigenvalue weighted by atomic mass is 16.5. The molecule has 3 rings (SSSR count). The van der Waals surface area contributed by atoms with Crippen molar-refractivity contribution in [2.45, 2.75) is 13.0 Å². The normalized spacial score (nSPS) is 10.9. The van der Waals surface area contributed by atoms with Crippen LogP contribution in [0.4, 0.5) is 0 Å². The summed E-state index contributed by atoms with van der Waals surface area (Å²) in [7, 11) is 0. The van der Waals surface area contributed by atoms with Crippen LogP contribution in [0.1, 0.15) is 11.5 Å². The molecule has 0 atom stereocenters. The van der Waals surface area contributed by atoms with E-state index in [9.17, 15) is 0 Å². The van der Waals surface area contributed by atoms with Crippen molar-refractivity contribution in [3.8, 4) is 0 Å². The molecule has 2 heterocycles. The third-order valence-electron chi connectivity index (χ3n) is 2.92. The van der Waals surface area contributed by atoms with Gasteiger partial charge < -0.3 is 9.84 Å². The van der Waals surface area contributed by atoms with Gasteiger partial charge in [0.15, 0.2) is 6.33 Å². The SMILES string of the molecule is c1cnc2ccc(CNCCc3ncno3)cc2c1. The van der Waals surface area contributed by atoms with Crippen molar-refractivity contribution < 1.29 is 4.52 Å². The Bertz CT molecular complexity index is 651. The summed E-state index contributed by atoms with van der Waals surface area (Å²) >= 11 is 0. The highest BCUT2D eigenvalue weighted by Crippen LogP contribution is 2.12. The smallest absolute Gasteiger partial charge is 0.227 e. The molecule has 0 unspecified atom stereocenters. The molecule has 0 aliphatic rings.